The summed E-state index contributed by atoms with van der Waals surface area (Å²) < 4.78 is 6.84. The number of nitrogens with two attached hydrogens (primary N) is 1. The van der Waals surface area contributed by atoms with Crippen LogP contribution >= 0.6 is 0 Å². The molecular weight excluding hydrogens is 258 g/mol. The molecule has 1 aliphatic rings. The lowest BCUT2D eigenvalue weighted by Crippen LogP contribution is -2.41. The minimum Gasteiger partial charge on any atom is -0.395 e. The maximum Gasteiger partial charge on any atom is 0.271 e. The number of amides is 1. The number of nitrogens with zero attached hydrogens (tertiary/aromatic N) is 3. The summed E-state index contributed by atoms with van der Waals surface area (Å²) in [6, 6.07) is 0. The van der Waals surface area contributed by atoms with E-state index in [1.54, 1.807) is 11.7 Å². The molecule has 0 saturated carbocycles. The minimum atomic E-state index is -0.162. The van der Waals surface area contributed by atoms with Gasteiger partial charge in [-0.15, -0.1) is 0 Å². The van der Waals surface area contributed by atoms with Gasteiger partial charge < -0.3 is 15.8 Å². The van der Waals surface area contributed by atoms with Crippen molar-refractivity contribution >= 4 is 11.6 Å². The second kappa shape index (κ2) is 6.71. The Morgan fingerprint density at radius 2 is 2.15 bits per heavy atom. The standard InChI is InChI=1S/C13H23N5O2/c1-3-10-11(14)12(17(2)16-10)13(19)15-4-5-18-6-8-20-9-7-18/h3-9,14H2,1-2H3,(H,15,19). The zero-order valence-corrected chi connectivity index (χ0v) is 12.2. The number of aryl methyl sites for hydroxylation is 2. The third-order valence-electron chi connectivity index (χ3n) is 3.53. The molecule has 112 valence electrons. The van der Waals surface area contributed by atoms with Gasteiger partial charge in [-0.2, -0.15) is 5.10 Å². The molecular formula is C13H23N5O2. The molecule has 7 heteroatoms. The van der Waals surface area contributed by atoms with E-state index in [0.29, 0.717) is 17.9 Å². The highest BCUT2D eigenvalue weighted by Gasteiger charge is 2.19. The van der Waals surface area contributed by atoms with Gasteiger partial charge in [0.1, 0.15) is 5.69 Å². The first-order chi connectivity index (χ1) is 9.63. The van der Waals surface area contributed by atoms with Crippen molar-refractivity contribution in [3.63, 3.8) is 0 Å². The molecule has 0 aromatic carbocycles. The van der Waals surface area contributed by atoms with E-state index >= 15 is 0 Å². The summed E-state index contributed by atoms with van der Waals surface area (Å²) in [5, 5.41) is 7.15. The number of anilines is 1. The molecule has 2 rings (SSSR count). The molecule has 3 N–H and O–H groups in total. The molecule has 0 unspecified atom stereocenters. The van der Waals surface area contributed by atoms with E-state index in [1.165, 1.54) is 0 Å². The van der Waals surface area contributed by atoms with Crippen LogP contribution in [0.4, 0.5) is 5.69 Å². The number of nitrogens with one attached hydrogen (secondary N) is 1. The van der Waals surface area contributed by atoms with Crippen LogP contribution in [0.25, 0.3) is 0 Å². The van der Waals surface area contributed by atoms with Gasteiger partial charge >= 0.3 is 0 Å². The molecule has 1 amide bonds. The van der Waals surface area contributed by atoms with Gasteiger partial charge in [-0.1, -0.05) is 6.92 Å². The summed E-state index contributed by atoms with van der Waals surface area (Å²) in [6.07, 6.45) is 0.723. The Morgan fingerprint density at radius 1 is 1.45 bits per heavy atom. The fourth-order valence-electron chi connectivity index (χ4n) is 2.36. The van der Waals surface area contributed by atoms with E-state index in [0.717, 1.165) is 45.0 Å². The monoisotopic (exact) mass is 281 g/mol. The van der Waals surface area contributed by atoms with Crippen molar-refractivity contribution in [2.24, 2.45) is 7.05 Å². The number of hydrogen-bond acceptors (Lipinski definition) is 5. The number of morpholine rings is 1. The summed E-state index contributed by atoms with van der Waals surface area (Å²) in [6.45, 7) is 6.77. The molecule has 0 aliphatic carbocycles. The van der Waals surface area contributed by atoms with Crippen molar-refractivity contribution in [3.8, 4) is 0 Å². The van der Waals surface area contributed by atoms with Gasteiger partial charge in [-0.25, -0.2) is 0 Å². The summed E-state index contributed by atoms with van der Waals surface area (Å²) >= 11 is 0. The van der Waals surface area contributed by atoms with Crippen LogP contribution < -0.4 is 11.1 Å². The Labute approximate surface area is 119 Å². The smallest absolute Gasteiger partial charge is 0.271 e. The second-order valence-electron chi connectivity index (χ2n) is 4.90. The van der Waals surface area contributed by atoms with Crippen LogP contribution in [0.5, 0.6) is 0 Å². The van der Waals surface area contributed by atoms with Gasteiger partial charge in [0.05, 0.1) is 24.6 Å². The third kappa shape index (κ3) is 3.29. The first-order valence-electron chi connectivity index (χ1n) is 7.03. The van der Waals surface area contributed by atoms with Crippen LogP contribution in [0.15, 0.2) is 0 Å². The van der Waals surface area contributed by atoms with Crippen LogP contribution in [0.1, 0.15) is 23.1 Å². The Bertz CT molecular complexity index is 466. The third-order valence-corrected chi connectivity index (χ3v) is 3.53. The molecule has 1 saturated heterocycles. The predicted molar refractivity (Wildman–Crippen MR) is 76.6 cm³/mol. The van der Waals surface area contributed by atoms with E-state index in [4.69, 9.17) is 10.5 Å². The molecule has 0 bridgehead atoms. The lowest BCUT2D eigenvalue weighted by atomic mass is 10.2. The molecule has 1 aromatic heterocycles. The lowest BCUT2D eigenvalue weighted by Gasteiger charge is -2.26. The summed E-state index contributed by atoms with van der Waals surface area (Å²) in [5.41, 5.74) is 7.66. The van der Waals surface area contributed by atoms with E-state index in [1.807, 2.05) is 6.92 Å². The normalized spacial score (nSPS) is 16.3. The molecule has 1 fully saturated rings. The van der Waals surface area contributed by atoms with Gasteiger partial charge in [-0.3, -0.25) is 14.4 Å². The molecule has 2 heterocycles. The Hall–Kier alpha value is -1.60. The highest BCUT2D eigenvalue weighted by Crippen LogP contribution is 2.16. The maximum absolute atomic E-state index is 12.2. The quantitative estimate of drug-likeness (QED) is 0.769. The van der Waals surface area contributed by atoms with Crippen molar-refractivity contribution in [2.45, 2.75) is 13.3 Å². The molecule has 1 aliphatic heterocycles. The first kappa shape index (κ1) is 14.8. The highest BCUT2D eigenvalue weighted by molar-refractivity contribution is 5.97. The first-order valence-corrected chi connectivity index (χ1v) is 7.03. The average Bonchev–Trinajstić information content (AvgIpc) is 2.74. The van der Waals surface area contributed by atoms with Gasteiger partial charge in [-0.05, 0) is 6.42 Å². The Balaban J connectivity index is 1.87. The number of aromatic nitrogens is 2. The average molecular weight is 281 g/mol. The molecule has 0 radical (unpaired) electrons. The predicted octanol–water partition coefficient (Wildman–Crippen LogP) is -0.373. The van der Waals surface area contributed by atoms with Crippen LogP contribution in [0.3, 0.4) is 0 Å². The lowest BCUT2D eigenvalue weighted by molar-refractivity contribution is 0.0383. The fourth-order valence-corrected chi connectivity index (χ4v) is 2.36. The summed E-state index contributed by atoms with van der Waals surface area (Å²) in [7, 11) is 1.74. The number of ether oxygens (including phenoxy) is 1. The number of carbonyl (C=O) groups is 1. The van der Waals surface area contributed by atoms with Crippen molar-refractivity contribution < 1.29 is 9.53 Å². The molecule has 7 nitrogen and oxygen atoms in total. The van der Waals surface area contributed by atoms with E-state index in [9.17, 15) is 4.79 Å². The summed E-state index contributed by atoms with van der Waals surface area (Å²) in [5.74, 6) is -0.162. The van der Waals surface area contributed by atoms with Crippen molar-refractivity contribution in [2.75, 3.05) is 45.1 Å². The van der Waals surface area contributed by atoms with Crippen LogP contribution in [0, 0.1) is 0 Å². The fraction of sp³-hybridized carbons (Fsp3) is 0.692. The zero-order valence-electron chi connectivity index (χ0n) is 12.2. The molecule has 0 spiro atoms. The number of hydrogen-bond donors (Lipinski definition) is 2. The van der Waals surface area contributed by atoms with Crippen molar-refractivity contribution in [1.82, 2.24) is 20.0 Å². The van der Waals surface area contributed by atoms with Gasteiger partial charge in [0.15, 0.2) is 0 Å². The molecule has 1 aromatic rings. The SMILES string of the molecule is CCc1nn(C)c(C(=O)NCCN2CCOCC2)c1N. The number of carbonyl (C=O) groups excluding carboxylic acids is 1. The van der Waals surface area contributed by atoms with Crippen LogP contribution in [-0.2, 0) is 18.2 Å². The van der Waals surface area contributed by atoms with Crippen molar-refractivity contribution in [3.05, 3.63) is 11.4 Å². The van der Waals surface area contributed by atoms with E-state index in [-0.39, 0.29) is 5.91 Å². The van der Waals surface area contributed by atoms with Gasteiger partial charge in [0, 0.05) is 33.2 Å². The Morgan fingerprint density at radius 3 is 2.75 bits per heavy atom. The van der Waals surface area contributed by atoms with E-state index < -0.39 is 0 Å². The zero-order chi connectivity index (χ0) is 14.5. The highest BCUT2D eigenvalue weighted by atomic mass is 16.5. The molecule has 20 heavy (non-hydrogen) atoms. The second-order valence-corrected chi connectivity index (χ2v) is 4.90. The number of rotatable bonds is 5. The maximum atomic E-state index is 12.2. The van der Waals surface area contributed by atoms with Gasteiger partial charge in [0.2, 0.25) is 0 Å². The largest absolute Gasteiger partial charge is 0.395 e. The van der Waals surface area contributed by atoms with Crippen LogP contribution in [-0.4, -0.2) is 60.0 Å². The van der Waals surface area contributed by atoms with Crippen LogP contribution in [0.2, 0.25) is 0 Å². The Kier molecular flexibility index (Phi) is 4.97. The van der Waals surface area contributed by atoms with Gasteiger partial charge in [0.25, 0.3) is 5.91 Å². The van der Waals surface area contributed by atoms with Crippen molar-refractivity contribution in [1.29, 1.82) is 0 Å². The minimum absolute atomic E-state index is 0.162. The number of nitrogen functional groups attached to an aromatic ring is 1. The topological polar surface area (TPSA) is 85.4 Å². The van der Waals surface area contributed by atoms with E-state index in [2.05, 4.69) is 15.3 Å². The summed E-state index contributed by atoms with van der Waals surface area (Å²) in [4.78, 5) is 14.4. The molecule has 0 atom stereocenters.